The molecule has 0 saturated heterocycles. The number of nitrogens with one attached hydrogen (secondary N) is 1. The molecule has 1 aromatic carbocycles. The highest BCUT2D eigenvalue weighted by molar-refractivity contribution is 5.92. The van der Waals surface area contributed by atoms with Gasteiger partial charge < -0.3 is 10.1 Å². The highest BCUT2D eigenvalue weighted by atomic mass is 16.4. The van der Waals surface area contributed by atoms with Crippen LogP contribution in [0.3, 0.4) is 0 Å². The van der Waals surface area contributed by atoms with Crippen molar-refractivity contribution in [2.45, 2.75) is 6.92 Å². The third-order valence-corrected chi connectivity index (χ3v) is 3.43. The van der Waals surface area contributed by atoms with Crippen molar-refractivity contribution < 1.29 is 9.90 Å². The van der Waals surface area contributed by atoms with E-state index in [1.807, 2.05) is 24.3 Å². The van der Waals surface area contributed by atoms with Gasteiger partial charge in [-0.15, -0.1) is 0 Å². The largest absolute Gasteiger partial charge is 0.478 e. The third kappa shape index (κ3) is 2.10. The van der Waals surface area contributed by atoms with Gasteiger partial charge in [-0.2, -0.15) is 0 Å². The minimum absolute atomic E-state index is 0.0634. The number of hydrogen-bond donors (Lipinski definition) is 2. The van der Waals surface area contributed by atoms with Crippen LogP contribution in [0, 0.1) is 6.92 Å². The number of carboxylic acid groups (broad SMARTS) is 1. The number of carbonyl (C=O) groups is 1. The molecule has 0 radical (unpaired) electrons. The van der Waals surface area contributed by atoms with Crippen LogP contribution in [0.2, 0.25) is 0 Å². The van der Waals surface area contributed by atoms with Crippen molar-refractivity contribution in [2.75, 3.05) is 0 Å². The molecule has 2 heterocycles. The van der Waals surface area contributed by atoms with Gasteiger partial charge in [-0.1, -0.05) is 18.7 Å². The molecule has 3 rings (SSSR count). The Hall–Kier alpha value is -3.15. The lowest BCUT2D eigenvalue weighted by Crippen LogP contribution is -2.17. The van der Waals surface area contributed by atoms with E-state index >= 15 is 0 Å². The Labute approximate surface area is 125 Å². The average Bonchev–Trinajstić information content (AvgIpc) is 2.82. The number of rotatable bonds is 3. The first-order valence-corrected chi connectivity index (χ1v) is 6.59. The lowest BCUT2D eigenvalue weighted by Gasteiger charge is -2.01. The van der Waals surface area contributed by atoms with Gasteiger partial charge in [0.05, 0.1) is 22.5 Å². The van der Waals surface area contributed by atoms with E-state index < -0.39 is 5.97 Å². The van der Waals surface area contributed by atoms with Crippen molar-refractivity contribution in [1.29, 1.82) is 0 Å². The zero-order valence-electron chi connectivity index (χ0n) is 11.8. The van der Waals surface area contributed by atoms with Crippen LogP contribution in [-0.2, 0) is 4.79 Å². The van der Waals surface area contributed by atoms with Crippen molar-refractivity contribution >= 4 is 28.6 Å². The number of fused-ring (bicyclic) bond motifs is 3. The number of carboxylic acids is 1. The molecule has 0 aliphatic carbocycles. The third-order valence-electron chi connectivity index (χ3n) is 3.43. The number of H-pyrrole nitrogens is 1. The van der Waals surface area contributed by atoms with E-state index in [0.29, 0.717) is 22.6 Å². The van der Waals surface area contributed by atoms with Crippen molar-refractivity contribution in [3.8, 4) is 0 Å². The minimum atomic E-state index is -1.11. The number of aryl methyl sites for hydroxylation is 1. The summed E-state index contributed by atoms with van der Waals surface area (Å²) in [6, 6.07) is 7.38. The summed E-state index contributed by atoms with van der Waals surface area (Å²) in [7, 11) is 0. The van der Waals surface area contributed by atoms with Gasteiger partial charge in [0.15, 0.2) is 5.65 Å². The van der Waals surface area contributed by atoms with Gasteiger partial charge in [-0.05, 0) is 31.2 Å². The predicted molar refractivity (Wildman–Crippen MR) is 83.9 cm³/mol. The Morgan fingerprint density at radius 1 is 1.41 bits per heavy atom. The number of benzene rings is 1. The van der Waals surface area contributed by atoms with Crippen LogP contribution in [0.1, 0.15) is 11.4 Å². The van der Waals surface area contributed by atoms with Crippen molar-refractivity contribution in [3.63, 3.8) is 0 Å². The maximum Gasteiger partial charge on any atom is 0.335 e. The summed E-state index contributed by atoms with van der Waals surface area (Å²) in [5.74, 6) is -1.11. The standard InChI is InChI=1S/C16H13N3O3/c1-9(15(20)21)7-8-13-10(2)17-14-11-5-3-4-6-12(11)18-16(22)19(13)14/h3-8H,1H2,2H3,(H,18,22)(H,20,21)/b8-7-. The van der Waals surface area contributed by atoms with Gasteiger partial charge in [0.1, 0.15) is 0 Å². The molecule has 22 heavy (non-hydrogen) atoms. The summed E-state index contributed by atoms with van der Waals surface area (Å²) in [6.45, 7) is 5.20. The smallest absolute Gasteiger partial charge is 0.335 e. The molecule has 0 atom stereocenters. The molecule has 0 bridgehead atoms. The van der Waals surface area contributed by atoms with Gasteiger partial charge in [-0.25, -0.2) is 19.0 Å². The molecule has 0 amide bonds. The normalized spacial score (nSPS) is 11.5. The van der Waals surface area contributed by atoms with Gasteiger partial charge in [-0.3, -0.25) is 0 Å². The number of nitrogens with zero attached hydrogens (tertiary/aromatic N) is 2. The first-order chi connectivity index (χ1) is 10.5. The molecule has 0 fully saturated rings. The summed E-state index contributed by atoms with van der Waals surface area (Å²) in [4.78, 5) is 30.3. The van der Waals surface area contributed by atoms with Crippen LogP contribution in [-0.4, -0.2) is 25.4 Å². The Kier molecular flexibility index (Phi) is 3.14. The van der Waals surface area contributed by atoms with Crippen LogP contribution in [0.5, 0.6) is 0 Å². The summed E-state index contributed by atoms with van der Waals surface area (Å²) in [5.41, 5.74) is 2.02. The lowest BCUT2D eigenvalue weighted by atomic mass is 10.2. The Bertz CT molecular complexity index is 1010. The first kappa shape index (κ1) is 13.8. The molecule has 0 unspecified atom stereocenters. The summed E-state index contributed by atoms with van der Waals surface area (Å²) in [6.07, 6.45) is 2.89. The number of aromatic amines is 1. The van der Waals surface area contributed by atoms with E-state index in [1.165, 1.54) is 16.6 Å². The summed E-state index contributed by atoms with van der Waals surface area (Å²) in [5, 5.41) is 9.67. The number of aliphatic carboxylic acids is 1. The lowest BCUT2D eigenvalue weighted by molar-refractivity contribution is -0.132. The Morgan fingerprint density at radius 3 is 2.86 bits per heavy atom. The van der Waals surface area contributed by atoms with Crippen LogP contribution < -0.4 is 5.69 Å². The minimum Gasteiger partial charge on any atom is -0.478 e. The van der Waals surface area contributed by atoms with Crippen LogP contribution >= 0.6 is 0 Å². The topological polar surface area (TPSA) is 87.5 Å². The zero-order chi connectivity index (χ0) is 15.9. The highest BCUT2D eigenvalue weighted by Gasteiger charge is 2.12. The second kappa shape index (κ2) is 5.00. The summed E-state index contributed by atoms with van der Waals surface area (Å²) < 4.78 is 1.43. The maximum absolute atomic E-state index is 12.3. The monoisotopic (exact) mass is 295 g/mol. The summed E-state index contributed by atoms with van der Waals surface area (Å²) >= 11 is 0. The molecular formula is C16H13N3O3. The Balaban J connectivity index is 2.31. The predicted octanol–water partition coefficient (Wildman–Crippen LogP) is 2.14. The quantitative estimate of drug-likeness (QED) is 0.572. The van der Waals surface area contributed by atoms with Crippen molar-refractivity contribution in [3.05, 3.63) is 64.4 Å². The fourth-order valence-corrected chi connectivity index (χ4v) is 2.33. The SMILES string of the molecule is C=C(/C=C\c1c(C)nc2c3ccccc3[nH]c(=O)n12)C(=O)O. The second-order valence-electron chi connectivity index (χ2n) is 4.88. The van der Waals surface area contributed by atoms with Gasteiger partial charge in [0.25, 0.3) is 0 Å². The van der Waals surface area contributed by atoms with E-state index in [2.05, 4.69) is 16.5 Å². The molecule has 2 N–H and O–H groups in total. The number of hydrogen-bond acceptors (Lipinski definition) is 3. The van der Waals surface area contributed by atoms with E-state index in [1.54, 1.807) is 6.92 Å². The molecule has 110 valence electrons. The molecule has 2 aromatic heterocycles. The van der Waals surface area contributed by atoms with Crippen LogP contribution in [0.4, 0.5) is 0 Å². The first-order valence-electron chi connectivity index (χ1n) is 6.59. The molecule has 6 heteroatoms. The van der Waals surface area contributed by atoms with Gasteiger partial charge >= 0.3 is 11.7 Å². The van der Waals surface area contributed by atoms with Crippen molar-refractivity contribution in [1.82, 2.24) is 14.4 Å². The fraction of sp³-hybridized carbons (Fsp3) is 0.0625. The van der Waals surface area contributed by atoms with E-state index in [0.717, 1.165) is 5.39 Å². The number of aromatic nitrogens is 3. The van der Waals surface area contributed by atoms with E-state index in [9.17, 15) is 9.59 Å². The molecule has 0 aliphatic rings. The van der Waals surface area contributed by atoms with Gasteiger partial charge in [0, 0.05) is 5.39 Å². The molecule has 0 spiro atoms. The average molecular weight is 295 g/mol. The zero-order valence-corrected chi connectivity index (χ0v) is 11.8. The van der Waals surface area contributed by atoms with E-state index in [-0.39, 0.29) is 11.3 Å². The Morgan fingerprint density at radius 2 is 2.14 bits per heavy atom. The molecule has 0 aliphatic heterocycles. The van der Waals surface area contributed by atoms with Crippen molar-refractivity contribution in [2.24, 2.45) is 0 Å². The fourth-order valence-electron chi connectivity index (χ4n) is 2.33. The molecule has 3 aromatic rings. The highest BCUT2D eigenvalue weighted by Crippen LogP contribution is 2.19. The maximum atomic E-state index is 12.3. The van der Waals surface area contributed by atoms with Crippen LogP contribution in [0.15, 0.2) is 47.3 Å². The van der Waals surface area contributed by atoms with Crippen LogP contribution in [0.25, 0.3) is 22.6 Å². The molecule has 0 saturated carbocycles. The second-order valence-corrected chi connectivity index (χ2v) is 4.88. The molecule has 6 nitrogen and oxygen atoms in total. The number of para-hydroxylation sites is 1. The molecular weight excluding hydrogens is 282 g/mol. The van der Waals surface area contributed by atoms with Gasteiger partial charge in [0.2, 0.25) is 0 Å². The van der Waals surface area contributed by atoms with E-state index in [4.69, 9.17) is 5.11 Å². The number of imidazole rings is 1.